The van der Waals surface area contributed by atoms with Crippen LogP contribution in [0.4, 0.5) is 0 Å². The second-order valence-corrected chi connectivity index (χ2v) is 8.80. The monoisotopic (exact) mass is 425 g/mol. The Kier molecular flexibility index (Phi) is 6.39. The minimum absolute atomic E-state index is 0.166. The van der Waals surface area contributed by atoms with E-state index in [0.717, 1.165) is 36.9 Å². The summed E-state index contributed by atoms with van der Waals surface area (Å²) in [4.78, 5) is 11.3. The van der Waals surface area contributed by atoms with Crippen LogP contribution in [0.2, 0.25) is 0 Å². The molecule has 1 aliphatic carbocycles. The van der Waals surface area contributed by atoms with Gasteiger partial charge < -0.3 is 18.9 Å². The summed E-state index contributed by atoms with van der Waals surface area (Å²) in [5.41, 5.74) is 0. The fourth-order valence-corrected chi connectivity index (χ4v) is 4.75. The zero-order valence-corrected chi connectivity index (χ0v) is 17.9. The molecule has 7 heteroatoms. The van der Waals surface area contributed by atoms with Crippen LogP contribution in [-0.2, 0) is 0 Å². The van der Waals surface area contributed by atoms with Gasteiger partial charge in [0, 0.05) is 19.6 Å². The quantitative estimate of drug-likeness (QED) is 0.670. The Hall–Kier alpha value is -2.54. The van der Waals surface area contributed by atoms with E-state index in [4.69, 9.17) is 18.9 Å². The normalized spacial score (nSPS) is 24.1. The fraction of sp³-hybridized carbons (Fsp3) is 0.583. The lowest BCUT2D eigenvalue weighted by Gasteiger charge is -2.26. The van der Waals surface area contributed by atoms with Crippen molar-refractivity contribution in [1.29, 1.82) is 0 Å². The van der Waals surface area contributed by atoms with E-state index in [1.54, 1.807) is 12.4 Å². The van der Waals surface area contributed by atoms with Crippen molar-refractivity contribution >= 4 is 0 Å². The van der Waals surface area contributed by atoms with Crippen LogP contribution in [0, 0.1) is 5.92 Å². The highest BCUT2D eigenvalue weighted by Crippen LogP contribution is 2.31. The number of nitrogens with zero attached hydrogens (tertiary/aromatic N) is 3. The molecule has 2 aliphatic heterocycles. The summed E-state index contributed by atoms with van der Waals surface area (Å²) < 4.78 is 23.6. The Morgan fingerprint density at radius 1 is 1.00 bits per heavy atom. The largest absolute Gasteiger partial charge is 0.486 e. The van der Waals surface area contributed by atoms with Gasteiger partial charge in [0.2, 0.25) is 11.8 Å². The van der Waals surface area contributed by atoms with E-state index in [2.05, 4.69) is 14.9 Å². The molecule has 1 aromatic carbocycles. The standard InChI is InChI=1S/C24H31N3O4/c1-2-6-18(7-3-1)14-27-11-10-19(15-27)31-24-13-25-12-23(26-24)29-17-20-16-28-21-8-4-5-9-22(21)30-20/h4-5,8-9,12-13,18-20H,1-3,6-7,10-11,14-17H2. The van der Waals surface area contributed by atoms with Gasteiger partial charge in [-0.15, -0.1) is 0 Å². The predicted molar refractivity (Wildman–Crippen MR) is 116 cm³/mol. The van der Waals surface area contributed by atoms with Gasteiger partial charge >= 0.3 is 0 Å². The van der Waals surface area contributed by atoms with Gasteiger partial charge in [-0.2, -0.15) is 4.98 Å². The van der Waals surface area contributed by atoms with Gasteiger partial charge in [0.15, 0.2) is 17.6 Å². The zero-order chi connectivity index (χ0) is 20.9. The first-order valence-corrected chi connectivity index (χ1v) is 11.5. The number of aromatic nitrogens is 2. The van der Waals surface area contributed by atoms with Crippen molar-refractivity contribution < 1.29 is 18.9 Å². The van der Waals surface area contributed by atoms with Gasteiger partial charge in [-0.05, 0) is 37.3 Å². The molecule has 0 bridgehead atoms. The molecule has 3 aliphatic rings. The smallest absolute Gasteiger partial charge is 0.235 e. The number of para-hydroxylation sites is 2. The molecule has 2 aromatic rings. The van der Waals surface area contributed by atoms with Crippen LogP contribution in [0.1, 0.15) is 38.5 Å². The lowest BCUT2D eigenvalue weighted by molar-refractivity contribution is 0.0516. The first-order valence-electron chi connectivity index (χ1n) is 11.5. The molecule has 0 amide bonds. The molecule has 1 saturated heterocycles. The van der Waals surface area contributed by atoms with E-state index >= 15 is 0 Å². The number of fused-ring (bicyclic) bond motifs is 1. The summed E-state index contributed by atoms with van der Waals surface area (Å²) >= 11 is 0. The number of likely N-dealkylation sites (tertiary alicyclic amines) is 1. The highest BCUT2D eigenvalue weighted by atomic mass is 16.6. The van der Waals surface area contributed by atoms with Crippen molar-refractivity contribution in [3.63, 3.8) is 0 Å². The molecule has 2 atom stereocenters. The van der Waals surface area contributed by atoms with E-state index in [0.29, 0.717) is 25.0 Å². The van der Waals surface area contributed by atoms with E-state index in [1.807, 2.05) is 24.3 Å². The van der Waals surface area contributed by atoms with Crippen LogP contribution in [-0.4, -0.2) is 59.9 Å². The molecular weight excluding hydrogens is 394 g/mol. The third-order valence-corrected chi connectivity index (χ3v) is 6.33. The second-order valence-electron chi connectivity index (χ2n) is 8.80. The molecule has 2 fully saturated rings. The SMILES string of the molecule is c1ccc2c(c1)OCC(COc1cncc(OC3CCN(CC4CCCCC4)C3)n1)O2. The summed E-state index contributed by atoms with van der Waals surface area (Å²) in [7, 11) is 0. The maximum atomic E-state index is 6.12. The minimum Gasteiger partial charge on any atom is -0.486 e. The molecular formula is C24H31N3O4. The summed E-state index contributed by atoms with van der Waals surface area (Å²) in [5, 5.41) is 0. The van der Waals surface area contributed by atoms with Crippen molar-refractivity contribution in [1.82, 2.24) is 14.9 Å². The molecule has 0 spiro atoms. The molecule has 0 radical (unpaired) electrons. The zero-order valence-electron chi connectivity index (χ0n) is 17.9. The van der Waals surface area contributed by atoms with Gasteiger partial charge in [0.25, 0.3) is 0 Å². The summed E-state index contributed by atoms with van der Waals surface area (Å²) in [6.45, 7) is 4.06. The lowest BCUT2D eigenvalue weighted by Crippen LogP contribution is -2.34. The molecule has 5 rings (SSSR count). The molecule has 31 heavy (non-hydrogen) atoms. The van der Waals surface area contributed by atoms with Crippen molar-refractivity contribution in [2.75, 3.05) is 32.8 Å². The summed E-state index contributed by atoms with van der Waals surface area (Å²) in [5.74, 6) is 3.33. The summed E-state index contributed by atoms with van der Waals surface area (Å²) in [6, 6.07) is 7.66. The van der Waals surface area contributed by atoms with Crippen LogP contribution in [0.3, 0.4) is 0 Å². The molecule has 7 nitrogen and oxygen atoms in total. The van der Waals surface area contributed by atoms with Gasteiger partial charge in [0.1, 0.15) is 19.3 Å². The average molecular weight is 426 g/mol. The average Bonchev–Trinajstić information content (AvgIpc) is 3.25. The topological polar surface area (TPSA) is 65.9 Å². The number of benzene rings is 1. The third kappa shape index (κ3) is 5.39. The maximum Gasteiger partial charge on any atom is 0.235 e. The Bertz CT molecular complexity index is 858. The van der Waals surface area contributed by atoms with Gasteiger partial charge in [-0.25, -0.2) is 0 Å². The van der Waals surface area contributed by atoms with Crippen molar-refractivity contribution in [3.8, 4) is 23.3 Å². The van der Waals surface area contributed by atoms with E-state index < -0.39 is 0 Å². The van der Waals surface area contributed by atoms with Crippen LogP contribution < -0.4 is 18.9 Å². The van der Waals surface area contributed by atoms with Gasteiger partial charge in [-0.1, -0.05) is 31.4 Å². The van der Waals surface area contributed by atoms with E-state index in [-0.39, 0.29) is 12.2 Å². The maximum absolute atomic E-state index is 6.12. The van der Waals surface area contributed by atoms with Crippen molar-refractivity contribution in [2.24, 2.45) is 5.92 Å². The Labute approximate surface area is 183 Å². The highest BCUT2D eigenvalue weighted by molar-refractivity contribution is 5.40. The minimum atomic E-state index is -0.190. The highest BCUT2D eigenvalue weighted by Gasteiger charge is 2.27. The Morgan fingerprint density at radius 2 is 1.84 bits per heavy atom. The number of rotatable bonds is 7. The number of ether oxygens (including phenoxy) is 4. The van der Waals surface area contributed by atoms with Crippen LogP contribution in [0.25, 0.3) is 0 Å². The lowest BCUT2D eigenvalue weighted by atomic mass is 9.89. The van der Waals surface area contributed by atoms with Gasteiger partial charge in [-0.3, -0.25) is 9.88 Å². The molecule has 0 N–H and O–H groups in total. The van der Waals surface area contributed by atoms with Crippen LogP contribution in [0.15, 0.2) is 36.7 Å². The Balaban J connectivity index is 1.09. The Morgan fingerprint density at radius 3 is 2.74 bits per heavy atom. The predicted octanol–water partition coefficient (Wildman–Crippen LogP) is 3.73. The third-order valence-electron chi connectivity index (χ3n) is 6.33. The molecule has 1 aromatic heterocycles. The first-order chi connectivity index (χ1) is 15.3. The molecule has 1 saturated carbocycles. The van der Waals surface area contributed by atoms with Crippen molar-refractivity contribution in [2.45, 2.75) is 50.7 Å². The van der Waals surface area contributed by atoms with E-state index in [9.17, 15) is 0 Å². The second kappa shape index (κ2) is 9.73. The van der Waals surface area contributed by atoms with E-state index in [1.165, 1.54) is 38.6 Å². The van der Waals surface area contributed by atoms with Crippen molar-refractivity contribution in [3.05, 3.63) is 36.7 Å². The first kappa shape index (κ1) is 20.4. The van der Waals surface area contributed by atoms with Crippen LogP contribution >= 0.6 is 0 Å². The fourth-order valence-electron chi connectivity index (χ4n) is 4.75. The van der Waals surface area contributed by atoms with Gasteiger partial charge in [0.05, 0.1) is 12.4 Å². The molecule has 3 heterocycles. The molecule has 2 unspecified atom stereocenters. The summed E-state index contributed by atoms with van der Waals surface area (Å²) in [6.07, 6.45) is 11.2. The number of hydrogen-bond acceptors (Lipinski definition) is 7. The van der Waals surface area contributed by atoms with Crippen LogP contribution in [0.5, 0.6) is 23.3 Å². The number of hydrogen-bond donors (Lipinski definition) is 0. The molecule has 166 valence electrons.